The fourth-order valence-electron chi connectivity index (χ4n) is 3.20. The van der Waals surface area contributed by atoms with E-state index in [4.69, 9.17) is 22.4 Å². The van der Waals surface area contributed by atoms with E-state index in [9.17, 15) is 14.0 Å². The van der Waals surface area contributed by atoms with Gasteiger partial charge in [-0.2, -0.15) is 0 Å². The standard InChI is InChI=1S/C22H20ClFN4O3/c1-22(2,3)16-17(15-13(23)5-4-6-14(15)24)27-28-19(20(25)29)18(16)26-12-9-7-11(8-10-12)21(30)31/h4-10H,1-3H3,(H2,25,29)(H,26,27)(H,30,31). The van der Waals surface area contributed by atoms with Crippen molar-refractivity contribution in [3.8, 4) is 11.3 Å². The first-order chi connectivity index (χ1) is 14.5. The molecule has 3 aromatic rings. The number of nitrogens with zero attached hydrogens (tertiary/aromatic N) is 2. The van der Waals surface area contributed by atoms with Crippen molar-refractivity contribution < 1.29 is 19.1 Å². The van der Waals surface area contributed by atoms with Crippen LogP contribution in [0, 0.1) is 5.82 Å². The summed E-state index contributed by atoms with van der Waals surface area (Å²) in [6.45, 7) is 5.60. The number of nitrogens with two attached hydrogens (primary N) is 1. The van der Waals surface area contributed by atoms with Gasteiger partial charge in [-0.05, 0) is 41.8 Å². The van der Waals surface area contributed by atoms with Crippen LogP contribution in [0.5, 0.6) is 0 Å². The fourth-order valence-corrected chi connectivity index (χ4v) is 3.45. The number of aromatic carboxylic acids is 1. The van der Waals surface area contributed by atoms with E-state index >= 15 is 0 Å². The van der Waals surface area contributed by atoms with Gasteiger partial charge in [0.25, 0.3) is 5.91 Å². The van der Waals surface area contributed by atoms with Crippen LogP contribution in [-0.4, -0.2) is 27.2 Å². The van der Waals surface area contributed by atoms with Gasteiger partial charge in [0.15, 0.2) is 5.69 Å². The molecule has 4 N–H and O–H groups in total. The number of amides is 1. The molecule has 0 atom stereocenters. The molecule has 9 heteroatoms. The molecule has 0 saturated carbocycles. The largest absolute Gasteiger partial charge is 0.478 e. The molecule has 0 aliphatic rings. The maximum Gasteiger partial charge on any atom is 0.335 e. The summed E-state index contributed by atoms with van der Waals surface area (Å²) in [7, 11) is 0. The Balaban J connectivity index is 2.29. The average Bonchev–Trinajstić information content (AvgIpc) is 2.67. The second-order valence-electron chi connectivity index (χ2n) is 7.87. The monoisotopic (exact) mass is 442 g/mol. The molecule has 2 aromatic carbocycles. The molecule has 1 amide bonds. The topological polar surface area (TPSA) is 118 Å². The third-order valence-corrected chi connectivity index (χ3v) is 4.87. The average molecular weight is 443 g/mol. The second-order valence-corrected chi connectivity index (χ2v) is 8.27. The van der Waals surface area contributed by atoms with Gasteiger partial charge < -0.3 is 16.2 Å². The molecule has 0 saturated heterocycles. The van der Waals surface area contributed by atoms with Crippen LogP contribution in [-0.2, 0) is 5.41 Å². The molecule has 160 valence electrons. The van der Waals surface area contributed by atoms with E-state index in [0.717, 1.165) is 0 Å². The lowest BCUT2D eigenvalue weighted by Crippen LogP contribution is -2.23. The number of nitrogens with one attached hydrogen (secondary N) is 1. The number of anilines is 2. The minimum Gasteiger partial charge on any atom is -0.478 e. The molecule has 7 nitrogen and oxygen atoms in total. The number of carboxylic acids is 1. The summed E-state index contributed by atoms with van der Waals surface area (Å²) < 4.78 is 14.7. The Hall–Kier alpha value is -3.52. The Morgan fingerprint density at radius 3 is 2.26 bits per heavy atom. The molecule has 0 aliphatic heterocycles. The highest BCUT2D eigenvalue weighted by atomic mass is 35.5. The van der Waals surface area contributed by atoms with E-state index in [-0.39, 0.29) is 33.2 Å². The number of rotatable bonds is 5. The molecule has 1 heterocycles. The number of halogens is 2. The van der Waals surface area contributed by atoms with Gasteiger partial charge in [-0.1, -0.05) is 38.4 Å². The van der Waals surface area contributed by atoms with Crippen molar-refractivity contribution in [1.29, 1.82) is 0 Å². The maximum atomic E-state index is 14.7. The van der Waals surface area contributed by atoms with Crippen LogP contribution in [0.4, 0.5) is 15.8 Å². The predicted molar refractivity (Wildman–Crippen MR) is 116 cm³/mol. The lowest BCUT2D eigenvalue weighted by atomic mass is 9.82. The van der Waals surface area contributed by atoms with E-state index in [1.54, 1.807) is 0 Å². The Bertz CT molecular complexity index is 1150. The molecule has 31 heavy (non-hydrogen) atoms. The van der Waals surface area contributed by atoms with Gasteiger partial charge in [-0.15, -0.1) is 10.2 Å². The van der Waals surface area contributed by atoms with Crippen molar-refractivity contribution in [2.24, 2.45) is 5.73 Å². The summed E-state index contributed by atoms with van der Waals surface area (Å²) in [5.74, 6) is -2.48. The molecule has 0 aliphatic carbocycles. The summed E-state index contributed by atoms with van der Waals surface area (Å²) in [6, 6.07) is 10.2. The predicted octanol–water partition coefficient (Wildman–Crippen LogP) is 4.77. The molecule has 1 aromatic heterocycles. The smallest absolute Gasteiger partial charge is 0.335 e. The van der Waals surface area contributed by atoms with Gasteiger partial charge in [-0.25, -0.2) is 9.18 Å². The van der Waals surface area contributed by atoms with Gasteiger partial charge in [-0.3, -0.25) is 4.79 Å². The number of aromatic nitrogens is 2. The van der Waals surface area contributed by atoms with Gasteiger partial charge in [0, 0.05) is 11.3 Å². The summed E-state index contributed by atoms with van der Waals surface area (Å²) >= 11 is 6.27. The number of primary amides is 1. The normalized spacial score (nSPS) is 11.3. The molecular formula is C22H20ClFN4O3. The van der Waals surface area contributed by atoms with Gasteiger partial charge in [0.05, 0.1) is 21.8 Å². The molecule has 3 rings (SSSR count). The first-order valence-corrected chi connectivity index (χ1v) is 9.64. The zero-order valence-electron chi connectivity index (χ0n) is 17.0. The first kappa shape index (κ1) is 22.2. The van der Waals surface area contributed by atoms with Crippen LogP contribution in [0.2, 0.25) is 5.02 Å². The second kappa shape index (κ2) is 8.31. The van der Waals surface area contributed by atoms with E-state index in [1.807, 2.05) is 20.8 Å². The third kappa shape index (κ3) is 4.49. The molecule has 0 bridgehead atoms. The number of benzene rings is 2. The molecule has 0 spiro atoms. The molecule has 0 fully saturated rings. The minimum atomic E-state index is -1.07. The van der Waals surface area contributed by atoms with Crippen LogP contribution >= 0.6 is 11.6 Å². The first-order valence-electron chi connectivity index (χ1n) is 9.26. The lowest BCUT2D eigenvalue weighted by molar-refractivity contribution is 0.0696. The van der Waals surface area contributed by atoms with Crippen molar-refractivity contribution in [2.45, 2.75) is 26.2 Å². The number of carboxylic acid groups (broad SMARTS) is 1. The third-order valence-electron chi connectivity index (χ3n) is 4.56. The van der Waals surface area contributed by atoms with Crippen LogP contribution in [0.3, 0.4) is 0 Å². The Kier molecular flexibility index (Phi) is 5.94. The molecular weight excluding hydrogens is 423 g/mol. The molecule has 0 radical (unpaired) electrons. The van der Waals surface area contributed by atoms with Crippen LogP contribution in [0.15, 0.2) is 42.5 Å². The van der Waals surface area contributed by atoms with Gasteiger partial charge >= 0.3 is 5.97 Å². The minimum absolute atomic E-state index is 0.0573. The SMILES string of the molecule is CC(C)(C)c1c(-c2c(F)cccc2Cl)nnc(C(N)=O)c1Nc1ccc(C(=O)O)cc1. The van der Waals surface area contributed by atoms with Crippen molar-refractivity contribution in [2.75, 3.05) is 5.32 Å². The zero-order chi connectivity index (χ0) is 22.9. The van der Waals surface area contributed by atoms with Crippen molar-refractivity contribution >= 4 is 34.9 Å². The highest BCUT2D eigenvalue weighted by Gasteiger charge is 2.31. The summed E-state index contributed by atoms with van der Waals surface area (Å²) in [4.78, 5) is 23.2. The molecule has 0 unspecified atom stereocenters. The number of carbonyl (C=O) groups excluding carboxylic acids is 1. The summed E-state index contributed by atoms with van der Waals surface area (Å²) in [5.41, 5.74) is 6.30. The summed E-state index contributed by atoms with van der Waals surface area (Å²) in [5, 5.41) is 20.4. The lowest BCUT2D eigenvalue weighted by Gasteiger charge is -2.27. The maximum absolute atomic E-state index is 14.7. The number of carbonyl (C=O) groups is 2. The Morgan fingerprint density at radius 2 is 1.74 bits per heavy atom. The van der Waals surface area contributed by atoms with E-state index in [0.29, 0.717) is 11.3 Å². The van der Waals surface area contributed by atoms with E-state index < -0.39 is 23.1 Å². The fraction of sp³-hybridized carbons (Fsp3) is 0.182. The van der Waals surface area contributed by atoms with Crippen LogP contribution < -0.4 is 11.1 Å². The number of hydrogen-bond donors (Lipinski definition) is 3. The zero-order valence-corrected chi connectivity index (χ0v) is 17.8. The van der Waals surface area contributed by atoms with Crippen molar-refractivity contribution in [3.05, 3.63) is 70.1 Å². The Morgan fingerprint density at radius 1 is 1.10 bits per heavy atom. The van der Waals surface area contributed by atoms with Crippen molar-refractivity contribution in [1.82, 2.24) is 10.2 Å². The highest BCUT2D eigenvalue weighted by molar-refractivity contribution is 6.33. The Labute approximate surface area is 183 Å². The van der Waals surface area contributed by atoms with Gasteiger partial charge in [0.1, 0.15) is 11.5 Å². The van der Waals surface area contributed by atoms with Crippen molar-refractivity contribution in [3.63, 3.8) is 0 Å². The van der Waals surface area contributed by atoms with Crippen LogP contribution in [0.25, 0.3) is 11.3 Å². The quantitative estimate of drug-likeness (QED) is 0.523. The summed E-state index contributed by atoms with van der Waals surface area (Å²) in [6.07, 6.45) is 0. The number of hydrogen-bond acceptors (Lipinski definition) is 5. The van der Waals surface area contributed by atoms with E-state index in [2.05, 4.69) is 15.5 Å². The highest BCUT2D eigenvalue weighted by Crippen LogP contribution is 2.42. The van der Waals surface area contributed by atoms with Gasteiger partial charge in [0.2, 0.25) is 0 Å². The van der Waals surface area contributed by atoms with E-state index in [1.165, 1.54) is 42.5 Å². The van der Waals surface area contributed by atoms with Crippen LogP contribution in [0.1, 0.15) is 47.2 Å².